The summed E-state index contributed by atoms with van der Waals surface area (Å²) in [5.74, 6) is 1.67. The summed E-state index contributed by atoms with van der Waals surface area (Å²) in [5, 5.41) is 2.69. The van der Waals surface area contributed by atoms with Crippen molar-refractivity contribution in [3.8, 4) is 22.8 Å². The molecule has 0 saturated carbocycles. The van der Waals surface area contributed by atoms with Gasteiger partial charge in [0.1, 0.15) is 17.0 Å². The van der Waals surface area contributed by atoms with Gasteiger partial charge in [-0.25, -0.2) is 0 Å². The minimum atomic E-state index is -0.261. The molecule has 1 N–H and O–H groups in total. The smallest absolute Gasteiger partial charge is 0.247 e. The Labute approximate surface area is 155 Å². The Morgan fingerprint density at radius 3 is 2.59 bits per heavy atom. The highest BCUT2D eigenvalue weighted by Crippen LogP contribution is 2.34. The Morgan fingerprint density at radius 2 is 1.85 bits per heavy atom. The number of nitrogens with one attached hydrogen (secondary N) is 1. The number of aromatic nitrogens is 1. The number of hydrogen-bond acceptors (Lipinski definition) is 4. The monoisotopic (exact) mass is 356 g/mol. The van der Waals surface area contributed by atoms with Crippen LogP contribution in [0.1, 0.15) is 0 Å². The second-order valence-corrected chi connectivity index (χ2v) is 5.82. The number of pyridine rings is 1. The molecule has 0 radical (unpaired) electrons. The first-order valence-electron chi connectivity index (χ1n) is 8.38. The summed E-state index contributed by atoms with van der Waals surface area (Å²) < 4.78 is 12.0. The molecule has 0 fully saturated rings. The van der Waals surface area contributed by atoms with Crippen molar-refractivity contribution >= 4 is 22.7 Å². The lowest BCUT2D eigenvalue weighted by Gasteiger charge is -2.07. The van der Waals surface area contributed by atoms with Crippen molar-refractivity contribution in [1.29, 1.82) is 0 Å². The lowest BCUT2D eigenvalue weighted by molar-refractivity contribution is -0.111. The molecule has 0 unspecified atom stereocenters. The summed E-state index contributed by atoms with van der Waals surface area (Å²) >= 11 is 0. The molecule has 5 nitrogen and oxygen atoms in total. The fourth-order valence-corrected chi connectivity index (χ4v) is 2.67. The SMILES string of the molecule is C=CC(=O)Nc1ccc(Oc2ccnc3cc(-c4ccccc4)oc23)cc1. The minimum Gasteiger partial charge on any atom is -0.453 e. The second-order valence-electron chi connectivity index (χ2n) is 5.82. The van der Waals surface area contributed by atoms with Crippen molar-refractivity contribution in [3.05, 3.63) is 85.6 Å². The average molecular weight is 356 g/mol. The van der Waals surface area contributed by atoms with Crippen LogP contribution >= 0.6 is 0 Å². The molecule has 0 saturated heterocycles. The highest BCUT2D eigenvalue weighted by molar-refractivity contribution is 5.98. The van der Waals surface area contributed by atoms with Crippen LogP contribution < -0.4 is 10.1 Å². The van der Waals surface area contributed by atoms with Crippen LogP contribution in [-0.4, -0.2) is 10.9 Å². The molecule has 4 rings (SSSR count). The van der Waals surface area contributed by atoms with Gasteiger partial charge in [0, 0.05) is 29.6 Å². The highest BCUT2D eigenvalue weighted by Gasteiger charge is 2.12. The van der Waals surface area contributed by atoms with Gasteiger partial charge >= 0.3 is 0 Å². The number of nitrogens with zero attached hydrogens (tertiary/aromatic N) is 1. The van der Waals surface area contributed by atoms with E-state index in [-0.39, 0.29) is 5.91 Å². The molecule has 132 valence electrons. The molecular formula is C22H16N2O3. The Morgan fingerprint density at radius 1 is 1.07 bits per heavy atom. The van der Waals surface area contributed by atoms with Crippen LogP contribution in [0.4, 0.5) is 5.69 Å². The number of ether oxygens (including phenoxy) is 1. The number of furan rings is 1. The number of carbonyl (C=O) groups excluding carboxylic acids is 1. The molecule has 0 aliphatic rings. The molecule has 0 spiro atoms. The molecule has 4 aromatic rings. The third kappa shape index (κ3) is 3.57. The number of carbonyl (C=O) groups is 1. The number of rotatable bonds is 5. The molecule has 5 heteroatoms. The zero-order valence-electron chi connectivity index (χ0n) is 14.4. The predicted molar refractivity (Wildman–Crippen MR) is 105 cm³/mol. The van der Waals surface area contributed by atoms with Crippen molar-refractivity contribution in [2.75, 3.05) is 5.32 Å². The Bertz CT molecular complexity index is 1100. The fourth-order valence-electron chi connectivity index (χ4n) is 2.67. The molecule has 0 atom stereocenters. The van der Waals surface area contributed by atoms with E-state index in [0.29, 0.717) is 22.8 Å². The molecule has 0 aliphatic carbocycles. The summed E-state index contributed by atoms with van der Waals surface area (Å²) in [5.41, 5.74) is 2.95. The lowest BCUT2D eigenvalue weighted by Crippen LogP contribution is -2.06. The van der Waals surface area contributed by atoms with Crippen LogP contribution in [0.2, 0.25) is 0 Å². The maximum absolute atomic E-state index is 11.3. The van der Waals surface area contributed by atoms with E-state index in [9.17, 15) is 4.79 Å². The Kier molecular flexibility index (Phi) is 4.41. The van der Waals surface area contributed by atoms with E-state index < -0.39 is 0 Å². The van der Waals surface area contributed by atoms with Gasteiger partial charge in [-0.2, -0.15) is 0 Å². The van der Waals surface area contributed by atoms with Crippen molar-refractivity contribution in [2.45, 2.75) is 0 Å². The van der Waals surface area contributed by atoms with Gasteiger partial charge in [-0.3, -0.25) is 9.78 Å². The standard InChI is InChI=1S/C22H16N2O3/c1-2-21(25)24-16-8-10-17(11-9-16)26-19-12-13-23-18-14-20(27-22(18)19)15-6-4-3-5-7-15/h2-14H,1H2,(H,24,25). The molecule has 0 aliphatic heterocycles. The molecular weight excluding hydrogens is 340 g/mol. The van der Waals surface area contributed by atoms with Crippen molar-refractivity contribution in [3.63, 3.8) is 0 Å². The van der Waals surface area contributed by atoms with E-state index in [1.165, 1.54) is 6.08 Å². The minimum absolute atomic E-state index is 0.261. The van der Waals surface area contributed by atoms with E-state index in [1.54, 1.807) is 36.5 Å². The van der Waals surface area contributed by atoms with E-state index in [1.807, 2.05) is 36.4 Å². The number of amides is 1. The van der Waals surface area contributed by atoms with Gasteiger partial charge in [-0.15, -0.1) is 0 Å². The number of benzene rings is 2. The molecule has 2 aromatic carbocycles. The van der Waals surface area contributed by atoms with Gasteiger partial charge in [0.15, 0.2) is 11.3 Å². The normalized spacial score (nSPS) is 10.5. The van der Waals surface area contributed by atoms with Crippen molar-refractivity contribution < 1.29 is 13.9 Å². The van der Waals surface area contributed by atoms with Crippen molar-refractivity contribution in [1.82, 2.24) is 4.98 Å². The first-order valence-corrected chi connectivity index (χ1v) is 8.38. The van der Waals surface area contributed by atoms with E-state index in [4.69, 9.17) is 9.15 Å². The van der Waals surface area contributed by atoms with Gasteiger partial charge in [-0.1, -0.05) is 36.9 Å². The Balaban J connectivity index is 1.61. The maximum Gasteiger partial charge on any atom is 0.247 e. The van der Waals surface area contributed by atoms with Crippen LogP contribution in [0.3, 0.4) is 0 Å². The van der Waals surface area contributed by atoms with E-state index >= 15 is 0 Å². The van der Waals surface area contributed by atoms with Crippen molar-refractivity contribution in [2.24, 2.45) is 0 Å². The zero-order chi connectivity index (χ0) is 18.6. The third-order valence-corrected chi connectivity index (χ3v) is 3.97. The summed E-state index contributed by atoms with van der Waals surface area (Å²) in [4.78, 5) is 15.7. The van der Waals surface area contributed by atoms with Crippen LogP contribution in [-0.2, 0) is 4.79 Å². The first-order chi connectivity index (χ1) is 13.2. The fraction of sp³-hybridized carbons (Fsp3) is 0. The van der Waals surface area contributed by atoms with Gasteiger partial charge in [-0.05, 0) is 30.3 Å². The summed E-state index contributed by atoms with van der Waals surface area (Å²) in [6.45, 7) is 3.43. The third-order valence-electron chi connectivity index (χ3n) is 3.97. The van der Waals surface area contributed by atoms with Crippen LogP contribution in [0.5, 0.6) is 11.5 Å². The lowest BCUT2D eigenvalue weighted by atomic mass is 10.2. The molecule has 1 amide bonds. The van der Waals surface area contributed by atoms with E-state index in [2.05, 4.69) is 16.9 Å². The summed E-state index contributed by atoms with van der Waals surface area (Å²) in [6.07, 6.45) is 2.90. The van der Waals surface area contributed by atoms with Crippen LogP contribution in [0.25, 0.3) is 22.4 Å². The summed E-state index contributed by atoms with van der Waals surface area (Å²) in [7, 11) is 0. The molecule has 0 bridgehead atoms. The molecule has 2 heterocycles. The summed E-state index contributed by atoms with van der Waals surface area (Å²) in [6, 6.07) is 20.5. The van der Waals surface area contributed by atoms with Gasteiger partial charge < -0.3 is 14.5 Å². The topological polar surface area (TPSA) is 64.4 Å². The largest absolute Gasteiger partial charge is 0.453 e. The first kappa shape index (κ1) is 16.6. The van der Waals surface area contributed by atoms with Gasteiger partial charge in [0.2, 0.25) is 5.91 Å². The van der Waals surface area contributed by atoms with Gasteiger partial charge in [0.25, 0.3) is 0 Å². The molecule has 27 heavy (non-hydrogen) atoms. The van der Waals surface area contributed by atoms with E-state index in [0.717, 1.165) is 16.8 Å². The quantitative estimate of drug-likeness (QED) is 0.486. The Hall–Kier alpha value is -3.86. The second kappa shape index (κ2) is 7.17. The number of hydrogen-bond donors (Lipinski definition) is 1. The molecule has 2 aromatic heterocycles. The van der Waals surface area contributed by atoms with Crippen LogP contribution in [0, 0.1) is 0 Å². The van der Waals surface area contributed by atoms with Gasteiger partial charge in [0.05, 0.1) is 0 Å². The van der Waals surface area contributed by atoms with Crippen LogP contribution in [0.15, 0.2) is 90.0 Å². The zero-order valence-corrected chi connectivity index (χ0v) is 14.4. The number of fused-ring (bicyclic) bond motifs is 1. The highest BCUT2D eigenvalue weighted by atomic mass is 16.5. The number of anilines is 1. The average Bonchev–Trinajstić information content (AvgIpc) is 3.15. The predicted octanol–water partition coefficient (Wildman–Crippen LogP) is 5.41. The maximum atomic E-state index is 11.3.